The molecule has 5 heteroatoms. The topological polar surface area (TPSA) is 72.0 Å². The van der Waals surface area contributed by atoms with Crippen molar-refractivity contribution in [2.75, 3.05) is 5.32 Å². The number of Topliss-reactive ketones (excluding diaryl/α,β-unsaturated/α-hetero) is 1. The molecule has 122 valence electrons. The Morgan fingerprint density at radius 2 is 2.00 bits per heavy atom. The van der Waals surface area contributed by atoms with E-state index in [2.05, 4.69) is 36.1 Å². The summed E-state index contributed by atoms with van der Waals surface area (Å²) >= 11 is 0. The quantitative estimate of drug-likeness (QED) is 0.931. The molecule has 3 aliphatic carbocycles. The van der Waals surface area contributed by atoms with Gasteiger partial charge in [-0.15, -0.1) is 0 Å². The van der Waals surface area contributed by atoms with Gasteiger partial charge >= 0.3 is 0 Å². The molecule has 3 aliphatic rings. The molecule has 0 spiro atoms. The molecule has 0 bridgehead atoms. The molecule has 0 aliphatic heterocycles. The van der Waals surface area contributed by atoms with Gasteiger partial charge in [0.2, 0.25) is 11.9 Å². The number of aromatic nitrogens is 2. The molecular formula is C18H23N3O2. The lowest BCUT2D eigenvalue weighted by molar-refractivity contribution is -0.118. The summed E-state index contributed by atoms with van der Waals surface area (Å²) in [5.41, 5.74) is 1.48. The van der Waals surface area contributed by atoms with Crippen LogP contribution in [0.15, 0.2) is 6.20 Å². The van der Waals surface area contributed by atoms with Crippen molar-refractivity contribution in [2.24, 2.45) is 22.7 Å². The van der Waals surface area contributed by atoms with Crippen molar-refractivity contribution in [3.8, 4) is 0 Å². The molecule has 2 fully saturated rings. The number of carbonyl (C=O) groups is 2. The van der Waals surface area contributed by atoms with Crippen LogP contribution in [0.25, 0.3) is 0 Å². The van der Waals surface area contributed by atoms with E-state index in [1.54, 1.807) is 6.20 Å². The second-order valence-electron chi connectivity index (χ2n) is 8.52. The van der Waals surface area contributed by atoms with Gasteiger partial charge in [-0.25, -0.2) is 9.97 Å². The van der Waals surface area contributed by atoms with Crippen LogP contribution in [0.3, 0.4) is 0 Å². The van der Waals surface area contributed by atoms with E-state index >= 15 is 0 Å². The van der Waals surface area contributed by atoms with Gasteiger partial charge in [0.05, 0.1) is 11.3 Å². The maximum absolute atomic E-state index is 12.4. The van der Waals surface area contributed by atoms with Crippen LogP contribution in [-0.2, 0) is 11.2 Å². The van der Waals surface area contributed by atoms with Crippen LogP contribution in [-0.4, -0.2) is 21.7 Å². The van der Waals surface area contributed by atoms with Crippen LogP contribution in [0.4, 0.5) is 5.95 Å². The third-order valence-electron chi connectivity index (χ3n) is 5.79. The lowest BCUT2D eigenvalue weighted by Gasteiger charge is -2.29. The van der Waals surface area contributed by atoms with Crippen molar-refractivity contribution < 1.29 is 9.59 Å². The average Bonchev–Trinajstić information content (AvgIpc) is 3.30. The third kappa shape index (κ3) is 2.56. The molecule has 5 nitrogen and oxygen atoms in total. The summed E-state index contributed by atoms with van der Waals surface area (Å²) in [4.78, 5) is 33.2. The molecule has 1 aromatic rings. The second kappa shape index (κ2) is 4.62. The van der Waals surface area contributed by atoms with Gasteiger partial charge in [0, 0.05) is 18.5 Å². The van der Waals surface area contributed by atoms with Crippen molar-refractivity contribution in [1.82, 2.24) is 9.97 Å². The number of carbonyl (C=O) groups excluding carboxylic acids is 2. The number of fused-ring (bicyclic) bond motifs is 1. The van der Waals surface area contributed by atoms with Crippen molar-refractivity contribution in [3.63, 3.8) is 0 Å². The Bertz CT molecular complexity index is 708. The first kappa shape index (κ1) is 14.8. The highest BCUT2D eigenvalue weighted by atomic mass is 16.2. The van der Waals surface area contributed by atoms with Crippen LogP contribution < -0.4 is 5.32 Å². The molecule has 0 radical (unpaired) electrons. The molecule has 1 amide bonds. The molecule has 1 aromatic heterocycles. The number of amides is 1. The normalized spacial score (nSPS) is 31.4. The predicted molar refractivity (Wildman–Crippen MR) is 86.0 cm³/mol. The molecule has 1 heterocycles. The first-order valence-corrected chi connectivity index (χ1v) is 8.48. The van der Waals surface area contributed by atoms with Crippen molar-refractivity contribution >= 4 is 17.6 Å². The minimum Gasteiger partial charge on any atom is -0.294 e. The average molecular weight is 313 g/mol. The summed E-state index contributed by atoms with van der Waals surface area (Å²) in [6.07, 6.45) is 6.32. The van der Waals surface area contributed by atoms with Crippen molar-refractivity contribution in [2.45, 2.75) is 52.9 Å². The summed E-state index contributed by atoms with van der Waals surface area (Å²) in [6, 6.07) is 0. The minimum absolute atomic E-state index is 0.0285. The number of rotatable bonds is 3. The fraction of sp³-hybridized carbons (Fsp3) is 0.667. The zero-order chi connectivity index (χ0) is 16.4. The molecule has 4 rings (SSSR count). The smallest absolute Gasteiger partial charge is 0.230 e. The number of ketones is 1. The Morgan fingerprint density at radius 3 is 2.70 bits per heavy atom. The lowest BCUT2D eigenvalue weighted by Crippen LogP contribution is -2.29. The fourth-order valence-electron chi connectivity index (χ4n) is 4.06. The summed E-state index contributed by atoms with van der Waals surface area (Å²) in [5.74, 6) is 1.27. The van der Waals surface area contributed by atoms with Crippen LogP contribution in [0.5, 0.6) is 0 Å². The molecular weight excluding hydrogens is 290 g/mol. The van der Waals surface area contributed by atoms with E-state index in [9.17, 15) is 9.59 Å². The van der Waals surface area contributed by atoms with Gasteiger partial charge in [0.25, 0.3) is 0 Å². The number of hydrogen-bond acceptors (Lipinski definition) is 4. The predicted octanol–water partition coefficient (Wildman–Crippen LogP) is 3.01. The largest absolute Gasteiger partial charge is 0.294 e. The van der Waals surface area contributed by atoms with E-state index in [0.29, 0.717) is 17.9 Å². The zero-order valence-electron chi connectivity index (χ0n) is 14.0. The number of anilines is 1. The molecule has 1 N–H and O–H groups in total. The minimum atomic E-state index is -0.0826. The third-order valence-corrected chi connectivity index (χ3v) is 5.79. The number of nitrogens with zero attached hydrogens (tertiary/aromatic N) is 2. The molecule has 23 heavy (non-hydrogen) atoms. The van der Waals surface area contributed by atoms with Crippen molar-refractivity contribution in [1.29, 1.82) is 0 Å². The van der Waals surface area contributed by atoms with Crippen molar-refractivity contribution in [3.05, 3.63) is 17.5 Å². The Labute approximate surface area is 136 Å². The summed E-state index contributed by atoms with van der Waals surface area (Å²) in [6.45, 7) is 6.35. The molecule has 2 atom stereocenters. The van der Waals surface area contributed by atoms with Gasteiger partial charge in [-0.2, -0.15) is 0 Å². The second-order valence-corrected chi connectivity index (χ2v) is 8.52. The highest BCUT2D eigenvalue weighted by Crippen LogP contribution is 2.65. The van der Waals surface area contributed by atoms with Crippen LogP contribution in [0, 0.1) is 22.7 Å². The highest BCUT2D eigenvalue weighted by molar-refractivity contribution is 5.99. The Hall–Kier alpha value is -1.78. The monoisotopic (exact) mass is 313 g/mol. The lowest BCUT2D eigenvalue weighted by atomic mass is 9.76. The maximum Gasteiger partial charge on any atom is 0.230 e. The summed E-state index contributed by atoms with van der Waals surface area (Å²) in [7, 11) is 0. The molecule has 2 saturated carbocycles. The van der Waals surface area contributed by atoms with Crippen LogP contribution in [0.1, 0.15) is 62.5 Å². The van der Waals surface area contributed by atoms with E-state index < -0.39 is 0 Å². The maximum atomic E-state index is 12.4. The van der Waals surface area contributed by atoms with Gasteiger partial charge in [-0.3, -0.25) is 14.9 Å². The first-order chi connectivity index (χ1) is 10.8. The SMILES string of the molecule is CC1(C)CC(=O)c2cnc(NC(=O)[C@H]3C[C@@]3(C)C3CC3)nc2C1. The van der Waals surface area contributed by atoms with E-state index in [0.717, 1.165) is 24.5 Å². The first-order valence-electron chi connectivity index (χ1n) is 8.48. The number of nitrogens with one attached hydrogen (secondary N) is 1. The Morgan fingerprint density at radius 1 is 1.26 bits per heavy atom. The molecule has 0 aromatic carbocycles. The van der Waals surface area contributed by atoms with E-state index in [1.165, 1.54) is 12.8 Å². The standard InChI is InChI=1S/C18H23N3O2/c1-17(2)7-13-11(14(22)8-17)9-19-16(20-13)21-15(23)12-6-18(12,3)10-4-5-10/h9-10,12H,4-8H2,1-3H3,(H,19,20,21,23)/t12-,18+/m1/s1. The van der Waals surface area contributed by atoms with Gasteiger partial charge in [0.1, 0.15) is 0 Å². The summed E-state index contributed by atoms with van der Waals surface area (Å²) in [5, 5.41) is 2.86. The van der Waals surface area contributed by atoms with Crippen LogP contribution in [0.2, 0.25) is 0 Å². The van der Waals surface area contributed by atoms with E-state index in [-0.39, 0.29) is 28.4 Å². The number of hydrogen-bond donors (Lipinski definition) is 1. The molecule has 0 unspecified atom stereocenters. The van der Waals surface area contributed by atoms with Gasteiger partial charge < -0.3 is 0 Å². The fourth-order valence-corrected chi connectivity index (χ4v) is 4.06. The zero-order valence-corrected chi connectivity index (χ0v) is 14.0. The summed E-state index contributed by atoms with van der Waals surface area (Å²) < 4.78 is 0. The van der Waals surface area contributed by atoms with Gasteiger partial charge in [0.15, 0.2) is 5.78 Å². The van der Waals surface area contributed by atoms with Crippen LogP contribution >= 0.6 is 0 Å². The van der Waals surface area contributed by atoms with Gasteiger partial charge in [-0.1, -0.05) is 20.8 Å². The van der Waals surface area contributed by atoms with E-state index in [4.69, 9.17) is 0 Å². The van der Waals surface area contributed by atoms with E-state index in [1.807, 2.05) is 0 Å². The molecule has 0 saturated heterocycles. The highest BCUT2D eigenvalue weighted by Gasteiger charge is 2.61. The van der Waals surface area contributed by atoms with Gasteiger partial charge in [-0.05, 0) is 42.4 Å². The Balaban J connectivity index is 1.50. The Kier molecular flexibility index (Phi) is 2.97.